The Morgan fingerprint density at radius 2 is 2.24 bits per heavy atom. The summed E-state index contributed by atoms with van der Waals surface area (Å²) in [4.78, 5) is 4.38. The molecule has 0 spiro atoms. The zero-order valence-electron chi connectivity index (χ0n) is 9.11. The third-order valence-corrected chi connectivity index (χ3v) is 2.90. The van der Waals surface area contributed by atoms with E-state index in [0.29, 0.717) is 11.6 Å². The molecular formula is C13H11ClN2O. The molecule has 3 nitrogen and oxygen atoms in total. The van der Waals surface area contributed by atoms with Crippen molar-refractivity contribution in [1.29, 1.82) is 0 Å². The number of pyridine rings is 1. The van der Waals surface area contributed by atoms with E-state index in [0.717, 1.165) is 29.2 Å². The van der Waals surface area contributed by atoms with E-state index < -0.39 is 0 Å². The van der Waals surface area contributed by atoms with E-state index in [-0.39, 0.29) is 0 Å². The van der Waals surface area contributed by atoms with Crippen LogP contribution in [-0.2, 0) is 0 Å². The van der Waals surface area contributed by atoms with E-state index in [1.807, 2.05) is 30.3 Å². The molecule has 0 amide bonds. The van der Waals surface area contributed by atoms with Gasteiger partial charge in [0.15, 0.2) is 5.75 Å². The molecule has 0 saturated carbocycles. The molecule has 0 aliphatic carbocycles. The van der Waals surface area contributed by atoms with E-state index in [1.165, 1.54) is 0 Å². The Morgan fingerprint density at radius 1 is 1.29 bits per heavy atom. The number of aromatic nitrogens is 1. The summed E-state index contributed by atoms with van der Waals surface area (Å²) in [5.41, 5.74) is 2.89. The number of hydrogen-bond donors (Lipinski definition) is 1. The van der Waals surface area contributed by atoms with Gasteiger partial charge in [0.2, 0.25) is 0 Å². The zero-order valence-corrected chi connectivity index (χ0v) is 9.87. The summed E-state index contributed by atoms with van der Waals surface area (Å²) in [7, 11) is 0. The van der Waals surface area contributed by atoms with Crippen molar-refractivity contribution >= 4 is 17.3 Å². The van der Waals surface area contributed by atoms with Gasteiger partial charge in [-0.25, -0.2) is 0 Å². The second-order valence-corrected chi connectivity index (χ2v) is 4.29. The molecular weight excluding hydrogens is 236 g/mol. The van der Waals surface area contributed by atoms with Gasteiger partial charge in [-0.2, -0.15) is 0 Å². The molecule has 1 aliphatic rings. The lowest BCUT2D eigenvalue weighted by atomic mass is 10.1. The van der Waals surface area contributed by atoms with Crippen molar-refractivity contribution in [2.45, 2.75) is 0 Å². The lowest BCUT2D eigenvalue weighted by molar-refractivity contribution is 0.322. The van der Waals surface area contributed by atoms with Crippen LogP contribution in [0, 0.1) is 0 Å². The normalized spacial score (nSPS) is 13.5. The van der Waals surface area contributed by atoms with Crippen LogP contribution in [0.25, 0.3) is 11.3 Å². The molecule has 1 N–H and O–H groups in total. The van der Waals surface area contributed by atoms with Crippen molar-refractivity contribution in [2.75, 3.05) is 18.5 Å². The van der Waals surface area contributed by atoms with Crippen LogP contribution in [-0.4, -0.2) is 18.1 Å². The van der Waals surface area contributed by atoms with E-state index in [9.17, 15) is 0 Å². The molecule has 1 aromatic heterocycles. The molecule has 1 aliphatic heterocycles. The number of hydrogen-bond acceptors (Lipinski definition) is 3. The highest BCUT2D eigenvalue weighted by Crippen LogP contribution is 2.30. The number of fused-ring (bicyclic) bond motifs is 1. The van der Waals surface area contributed by atoms with Gasteiger partial charge in [-0.3, -0.25) is 4.98 Å². The third-order valence-electron chi connectivity index (χ3n) is 2.66. The molecule has 3 rings (SSSR count). The summed E-state index contributed by atoms with van der Waals surface area (Å²) in [6.45, 7) is 1.51. The van der Waals surface area contributed by atoms with Gasteiger partial charge < -0.3 is 10.1 Å². The standard InChI is InChI=1S/C13H11ClN2O/c14-10-3-1-2-9(6-10)11-7-12-13(8-16-11)17-5-4-15-12/h1-3,6-8,15H,4-5H2. The highest BCUT2D eigenvalue weighted by atomic mass is 35.5. The average Bonchev–Trinajstić information content (AvgIpc) is 2.38. The van der Waals surface area contributed by atoms with Crippen molar-refractivity contribution < 1.29 is 4.74 Å². The van der Waals surface area contributed by atoms with Gasteiger partial charge in [0, 0.05) is 17.1 Å². The molecule has 17 heavy (non-hydrogen) atoms. The minimum absolute atomic E-state index is 0.686. The third kappa shape index (κ3) is 2.06. The van der Waals surface area contributed by atoms with Crippen LogP contribution < -0.4 is 10.1 Å². The highest BCUT2D eigenvalue weighted by Gasteiger charge is 2.11. The number of anilines is 1. The molecule has 1 aromatic carbocycles. The molecule has 2 heterocycles. The van der Waals surface area contributed by atoms with Gasteiger partial charge >= 0.3 is 0 Å². The summed E-state index contributed by atoms with van der Waals surface area (Å²) >= 11 is 5.97. The Labute approximate surface area is 104 Å². The quantitative estimate of drug-likeness (QED) is 0.839. The minimum Gasteiger partial charge on any atom is -0.488 e. The van der Waals surface area contributed by atoms with Gasteiger partial charge in [-0.15, -0.1) is 0 Å². The van der Waals surface area contributed by atoms with Crippen LogP contribution in [0.4, 0.5) is 5.69 Å². The topological polar surface area (TPSA) is 34.1 Å². The zero-order chi connectivity index (χ0) is 11.7. The molecule has 0 bridgehead atoms. The minimum atomic E-state index is 0.686. The van der Waals surface area contributed by atoms with Gasteiger partial charge in [0.1, 0.15) is 6.61 Å². The second-order valence-electron chi connectivity index (χ2n) is 3.85. The highest BCUT2D eigenvalue weighted by molar-refractivity contribution is 6.30. The predicted octanol–water partition coefficient (Wildman–Crippen LogP) is 3.21. The molecule has 0 saturated heterocycles. The van der Waals surface area contributed by atoms with Gasteiger partial charge in [0.05, 0.1) is 17.6 Å². The lowest BCUT2D eigenvalue weighted by Gasteiger charge is -2.19. The van der Waals surface area contributed by atoms with Crippen LogP contribution >= 0.6 is 11.6 Å². The van der Waals surface area contributed by atoms with Gasteiger partial charge in [0.25, 0.3) is 0 Å². The number of nitrogens with one attached hydrogen (secondary N) is 1. The van der Waals surface area contributed by atoms with Crippen LogP contribution in [0.1, 0.15) is 0 Å². The lowest BCUT2D eigenvalue weighted by Crippen LogP contribution is -2.18. The number of ether oxygens (including phenoxy) is 1. The molecule has 4 heteroatoms. The number of rotatable bonds is 1. The molecule has 0 fully saturated rings. The summed E-state index contributed by atoms with van der Waals surface area (Å²) in [5, 5.41) is 4.00. The van der Waals surface area contributed by atoms with Crippen LogP contribution in [0.5, 0.6) is 5.75 Å². The Balaban J connectivity index is 2.04. The summed E-state index contributed by atoms with van der Waals surface area (Å²) in [5.74, 6) is 0.807. The maximum atomic E-state index is 5.97. The fourth-order valence-electron chi connectivity index (χ4n) is 1.85. The van der Waals surface area contributed by atoms with Crippen LogP contribution in [0.2, 0.25) is 5.02 Å². The van der Waals surface area contributed by atoms with E-state index in [2.05, 4.69) is 10.3 Å². The number of benzene rings is 1. The summed E-state index contributed by atoms with van der Waals surface area (Å²) < 4.78 is 5.49. The van der Waals surface area contributed by atoms with E-state index >= 15 is 0 Å². The first-order valence-electron chi connectivity index (χ1n) is 5.45. The Morgan fingerprint density at radius 3 is 3.12 bits per heavy atom. The fraction of sp³-hybridized carbons (Fsp3) is 0.154. The van der Waals surface area contributed by atoms with Crippen molar-refractivity contribution in [3.05, 3.63) is 41.6 Å². The predicted molar refractivity (Wildman–Crippen MR) is 68.7 cm³/mol. The SMILES string of the molecule is Clc1cccc(-c2cc3c(cn2)OCCN3)c1. The van der Waals surface area contributed by atoms with Crippen LogP contribution in [0.15, 0.2) is 36.5 Å². The Hall–Kier alpha value is -1.74. The molecule has 0 unspecified atom stereocenters. The van der Waals surface area contributed by atoms with Crippen molar-refractivity contribution in [1.82, 2.24) is 4.98 Å². The fourth-order valence-corrected chi connectivity index (χ4v) is 2.04. The molecule has 0 atom stereocenters. The van der Waals surface area contributed by atoms with E-state index in [4.69, 9.17) is 16.3 Å². The number of halogens is 1. The Bertz CT molecular complexity index is 557. The van der Waals surface area contributed by atoms with Crippen molar-refractivity contribution in [3.8, 4) is 17.0 Å². The maximum absolute atomic E-state index is 5.97. The first kappa shape index (κ1) is 10.4. The monoisotopic (exact) mass is 246 g/mol. The molecule has 86 valence electrons. The maximum Gasteiger partial charge on any atom is 0.160 e. The van der Waals surface area contributed by atoms with E-state index in [1.54, 1.807) is 6.20 Å². The van der Waals surface area contributed by atoms with Gasteiger partial charge in [-0.1, -0.05) is 23.7 Å². The average molecular weight is 247 g/mol. The smallest absolute Gasteiger partial charge is 0.160 e. The second kappa shape index (κ2) is 4.26. The van der Waals surface area contributed by atoms with Crippen LogP contribution in [0.3, 0.4) is 0 Å². The largest absolute Gasteiger partial charge is 0.488 e. The Kier molecular flexibility index (Phi) is 2.61. The first-order valence-corrected chi connectivity index (χ1v) is 5.83. The molecule has 2 aromatic rings. The summed E-state index contributed by atoms with van der Waals surface area (Å²) in [6.07, 6.45) is 1.75. The summed E-state index contributed by atoms with van der Waals surface area (Å²) in [6, 6.07) is 9.65. The van der Waals surface area contributed by atoms with Crippen molar-refractivity contribution in [2.24, 2.45) is 0 Å². The van der Waals surface area contributed by atoms with Crippen molar-refractivity contribution in [3.63, 3.8) is 0 Å². The molecule has 0 radical (unpaired) electrons. The first-order chi connectivity index (χ1) is 8.33. The van der Waals surface area contributed by atoms with Gasteiger partial charge in [-0.05, 0) is 18.2 Å². The number of nitrogens with zero attached hydrogens (tertiary/aromatic N) is 1.